The molecule has 1 heterocycles. The van der Waals surface area contributed by atoms with E-state index in [1.54, 1.807) is 7.11 Å². The van der Waals surface area contributed by atoms with Gasteiger partial charge in [0.2, 0.25) is 0 Å². The zero-order valence-electron chi connectivity index (χ0n) is 10.2. The van der Waals surface area contributed by atoms with E-state index in [-0.39, 0.29) is 4.83 Å². The summed E-state index contributed by atoms with van der Waals surface area (Å²) >= 11 is 11.6. The summed E-state index contributed by atoms with van der Waals surface area (Å²) in [5.41, 5.74) is 1.06. The predicted molar refractivity (Wildman–Crippen MR) is 82.5 cm³/mol. The van der Waals surface area contributed by atoms with Gasteiger partial charge in [0.25, 0.3) is 0 Å². The molecule has 4 heteroatoms. The molecule has 0 N–H and O–H groups in total. The van der Waals surface area contributed by atoms with Crippen LogP contribution in [0.2, 0.25) is 5.02 Å². The molecule has 0 aliphatic heterocycles. The SMILES string of the molecule is CCc1ccc(C(Br)c2cc(Cl)ccc2OC)s1. The molecule has 0 aliphatic rings. The highest BCUT2D eigenvalue weighted by Crippen LogP contribution is 2.40. The second kappa shape index (κ2) is 6.09. The van der Waals surface area contributed by atoms with Crippen LogP contribution in [0, 0.1) is 0 Å². The molecule has 1 atom stereocenters. The lowest BCUT2D eigenvalue weighted by molar-refractivity contribution is 0.410. The summed E-state index contributed by atoms with van der Waals surface area (Å²) < 4.78 is 5.39. The zero-order chi connectivity index (χ0) is 13.1. The topological polar surface area (TPSA) is 9.23 Å². The Morgan fingerprint density at radius 2 is 2.11 bits per heavy atom. The molecule has 0 bridgehead atoms. The van der Waals surface area contributed by atoms with E-state index in [0.29, 0.717) is 0 Å². The van der Waals surface area contributed by atoms with E-state index in [0.717, 1.165) is 22.8 Å². The normalized spacial score (nSPS) is 12.4. The van der Waals surface area contributed by atoms with E-state index in [4.69, 9.17) is 16.3 Å². The molecule has 0 saturated carbocycles. The van der Waals surface area contributed by atoms with Gasteiger partial charge in [-0.2, -0.15) is 0 Å². The van der Waals surface area contributed by atoms with Crippen molar-refractivity contribution >= 4 is 38.9 Å². The van der Waals surface area contributed by atoms with Gasteiger partial charge >= 0.3 is 0 Å². The van der Waals surface area contributed by atoms with Crippen molar-refractivity contribution in [1.29, 1.82) is 0 Å². The van der Waals surface area contributed by atoms with Crippen LogP contribution in [0.1, 0.15) is 27.1 Å². The summed E-state index contributed by atoms with van der Waals surface area (Å²) in [5.74, 6) is 0.854. The van der Waals surface area contributed by atoms with Crippen LogP contribution >= 0.6 is 38.9 Å². The van der Waals surface area contributed by atoms with Crippen LogP contribution in [-0.2, 0) is 6.42 Å². The molecule has 2 rings (SSSR count). The summed E-state index contributed by atoms with van der Waals surface area (Å²) in [6.07, 6.45) is 1.07. The first-order chi connectivity index (χ1) is 8.65. The Morgan fingerprint density at radius 1 is 1.33 bits per heavy atom. The lowest BCUT2D eigenvalue weighted by atomic mass is 10.1. The Kier molecular flexibility index (Phi) is 4.71. The van der Waals surface area contributed by atoms with Gasteiger partial charge in [-0.25, -0.2) is 0 Å². The Bertz CT molecular complexity index is 538. The van der Waals surface area contributed by atoms with E-state index in [1.165, 1.54) is 9.75 Å². The highest BCUT2D eigenvalue weighted by atomic mass is 79.9. The van der Waals surface area contributed by atoms with E-state index in [9.17, 15) is 0 Å². The van der Waals surface area contributed by atoms with Crippen molar-refractivity contribution in [3.05, 3.63) is 50.7 Å². The van der Waals surface area contributed by atoms with Crippen molar-refractivity contribution in [2.75, 3.05) is 7.11 Å². The Hall–Kier alpha value is -0.510. The quantitative estimate of drug-likeness (QED) is 0.669. The van der Waals surface area contributed by atoms with Crippen molar-refractivity contribution in [3.8, 4) is 5.75 Å². The number of alkyl halides is 1. The summed E-state index contributed by atoms with van der Waals surface area (Å²) in [7, 11) is 1.68. The van der Waals surface area contributed by atoms with Gasteiger partial charge in [-0.15, -0.1) is 11.3 Å². The van der Waals surface area contributed by atoms with Crippen molar-refractivity contribution in [2.45, 2.75) is 18.2 Å². The van der Waals surface area contributed by atoms with Crippen molar-refractivity contribution in [1.82, 2.24) is 0 Å². The number of rotatable bonds is 4. The molecule has 0 spiro atoms. The fraction of sp³-hybridized carbons (Fsp3) is 0.286. The second-order valence-electron chi connectivity index (χ2n) is 3.91. The third-order valence-electron chi connectivity index (χ3n) is 2.75. The maximum atomic E-state index is 6.06. The van der Waals surface area contributed by atoms with Gasteiger partial charge < -0.3 is 4.74 Å². The minimum absolute atomic E-state index is 0.122. The number of aryl methyl sites for hydroxylation is 1. The molecule has 1 aromatic heterocycles. The van der Waals surface area contributed by atoms with Gasteiger partial charge in [0, 0.05) is 20.3 Å². The molecule has 0 amide bonds. The van der Waals surface area contributed by atoms with Gasteiger partial charge in [0.05, 0.1) is 11.9 Å². The second-order valence-corrected chi connectivity index (χ2v) is 6.46. The monoisotopic (exact) mass is 344 g/mol. The number of ether oxygens (including phenoxy) is 1. The van der Waals surface area contributed by atoms with E-state index in [2.05, 4.69) is 35.0 Å². The highest BCUT2D eigenvalue weighted by molar-refractivity contribution is 9.09. The van der Waals surface area contributed by atoms with Gasteiger partial charge in [-0.1, -0.05) is 34.5 Å². The van der Waals surface area contributed by atoms with Crippen molar-refractivity contribution in [3.63, 3.8) is 0 Å². The molecule has 18 heavy (non-hydrogen) atoms. The smallest absolute Gasteiger partial charge is 0.123 e. The standard InChI is InChI=1S/C14H14BrClOS/c1-3-10-5-7-13(18-10)14(15)11-8-9(16)4-6-12(11)17-2/h4-8,14H,3H2,1-2H3. The molecule has 1 unspecified atom stereocenters. The Balaban J connectivity index is 2.38. The summed E-state index contributed by atoms with van der Waals surface area (Å²) in [6, 6.07) is 10.0. The molecular formula is C14H14BrClOS. The molecule has 1 aromatic carbocycles. The van der Waals surface area contributed by atoms with Gasteiger partial charge in [0.1, 0.15) is 5.75 Å². The summed E-state index contributed by atoms with van der Waals surface area (Å²) in [4.78, 5) is 2.78. The number of hydrogen-bond acceptors (Lipinski definition) is 2. The van der Waals surface area contributed by atoms with E-state index in [1.807, 2.05) is 29.5 Å². The average molecular weight is 346 g/mol. The van der Waals surface area contributed by atoms with Gasteiger partial charge in [0.15, 0.2) is 0 Å². The minimum atomic E-state index is 0.122. The molecular weight excluding hydrogens is 332 g/mol. The minimum Gasteiger partial charge on any atom is -0.496 e. The first-order valence-corrected chi connectivity index (χ1v) is 7.82. The third-order valence-corrected chi connectivity index (χ3v) is 5.56. The van der Waals surface area contributed by atoms with Crippen molar-refractivity contribution in [2.24, 2.45) is 0 Å². The number of benzene rings is 1. The van der Waals surface area contributed by atoms with Gasteiger partial charge in [-0.05, 0) is 36.8 Å². The zero-order valence-corrected chi connectivity index (χ0v) is 13.4. The van der Waals surface area contributed by atoms with Crippen LogP contribution in [-0.4, -0.2) is 7.11 Å². The summed E-state index contributed by atoms with van der Waals surface area (Å²) in [5, 5.41) is 0.725. The number of hydrogen-bond donors (Lipinski definition) is 0. The first kappa shape index (κ1) is 13.9. The fourth-order valence-corrected chi connectivity index (χ4v) is 3.70. The largest absolute Gasteiger partial charge is 0.496 e. The molecule has 0 aliphatic carbocycles. The summed E-state index contributed by atoms with van der Waals surface area (Å²) in [6.45, 7) is 2.17. The van der Waals surface area contributed by atoms with E-state index >= 15 is 0 Å². The van der Waals surface area contributed by atoms with Crippen LogP contribution in [0.3, 0.4) is 0 Å². The van der Waals surface area contributed by atoms with E-state index < -0.39 is 0 Å². The fourth-order valence-electron chi connectivity index (χ4n) is 1.78. The number of thiophene rings is 1. The highest BCUT2D eigenvalue weighted by Gasteiger charge is 2.17. The lowest BCUT2D eigenvalue weighted by Crippen LogP contribution is -1.95. The maximum Gasteiger partial charge on any atom is 0.123 e. The molecule has 2 aromatic rings. The number of halogens is 2. The Morgan fingerprint density at radius 3 is 2.72 bits per heavy atom. The first-order valence-electron chi connectivity index (χ1n) is 5.71. The van der Waals surface area contributed by atoms with Gasteiger partial charge in [-0.3, -0.25) is 0 Å². The number of methoxy groups -OCH3 is 1. The maximum absolute atomic E-state index is 6.06. The predicted octanol–water partition coefficient (Wildman–Crippen LogP) is 5.46. The molecule has 96 valence electrons. The van der Waals surface area contributed by atoms with Crippen LogP contribution in [0.15, 0.2) is 30.3 Å². The third kappa shape index (κ3) is 2.90. The Labute approximate surface area is 125 Å². The lowest BCUT2D eigenvalue weighted by Gasteiger charge is -2.13. The molecule has 0 saturated heterocycles. The molecule has 0 radical (unpaired) electrons. The van der Waals surface area contributed by atoms with Crippen molar-refractivity contribution < 1.29 is 4.74 Å². The molecule has 0 fully saturated rings. The molecule has 1 nitrogen and oxygen atoms in total. The van der Waals surface area contributed by atoms with Crippen LogP contribution < -0.4 is 4.74 Å². The average Bonchev–Trinajstić information content (AvgIpc) is 2.86. The van der Waals surface area contributed by atoms with Crippen LogP contribution in [0.5, 0.6) is 5.75 Å². The van der Waals surface area contributed by atoms with Crippen LogP contribution in [0.25, 0.3) is 0 Å². The van der Waals surface area contributed by atoms with Crippen LogP contribution in [0.4, 0.5) is 0 Å².